The molecule has 0 radical (unpaired) electrons. The van der Waals surface area contributed by atoms with Crippen molar-refractivity contribution in [3.63, 3.8) is 0 Å². The average Bonchev–Trinajstić information content (AvgIpc) is 2.84. The monoisotopic (exact) mass is 330 g/mol. The number of rotatable bonds is 4. The Kier molecular flexibility index (Phi) is 5.03. The first-order valence-corrected chi connectivity index (χ1v) is 7.30. The first-order valence-electron chi connectivity index (χ1n) is 6.13. The van der Waals surface area contributed by atoms with Crippen molar-refractivity contribution >= 4 is 39.1 Å². The Morgan fingerprint density at radius 1 is 1.39 bits per heavy atom. The summed E-state index contributed by atoms with van der Waals surface area (Å²) in [4.78, 5) is 11.8. The molecule has 1 aliphatic rings. The van der Waals surface area contributed by atoms with Gasteiger partial charge < -0.3 is 10.6 Å². The van der Waals surface area contributed by atoms with E-state index in [2.05, 4.69) is 26.6 Å². The van der Waals surface area contributed by atoms with Crippen LogP contribution in [0.25, 0.3) is 0 Å². The van der Waals surface area contributed by atoms with E-state index >= 15 is 0 Å². The second-order valence-corrected chi connectivity index (χ2v) is 5.83. The number of hydrogen-bond acceptors (Lipinski definition) is 2. The summed E-state index contributed by atoms with van der Waals surface area (Å²) in [5.74, 6) is -0.0372. The lowest BCUT2D eigenvalue weighted by atomic mass is 10.2. The Hall–Kier alpha value is -0.580. The second-order valence-electron chi connectivity index (χ2n) is 4.53. The maximum atomic E-state index is 11.8. The number of halogens is 2. The van der Waals surface area contributed by atoms with E-state index in [0.717, 1.165) is 4.47 Å². The Labute approximate surface area is 120 Å². The molecule has 2 rings (SSSR count). The summed E-state index contributed by atoms with van der Waals surface area (Å²) in [7, 11) is 0. The molecule has 18 heavy (non-hydrogen) atoms. The molecule has 0 aliphatic heterocycles. The van der Waals surface area contributed by atoms with Gasteiger partial charge in [-0.25, -0.2) is 0 Å². The Morgan fingerprint density at radius 2 is 2.11 bits per heavy atom. The fourth-order valence-corrected chi connectivity index (χ4v) is 2.67. The van der Waals surface area contributed by atoms with E-state index in [1.807, 2.05) is 6.07 Å². The normalized spacial score (nSPS) is 15.9. The standard InChI is InChI=1S/C13H16BrClN2O/c14-11-6-5-9(15)7-12(11)17-13(18)8-16-10-3-1-2-4-10/h5-7,10,16H,1-4,8H2,(H,17,18). The van der Waals surface area contributed by atoms with Gasteiger partial charge in [-0.3, -0.25) is 4.79 Å². The third-order valence-electron chi connectivity index (χ3n) is 3.11. The zero-order valence-electron chi connectivity index (χ0n) is 10.0. The molecule has 3 nitrogen and oxygen atoms in total. The number of anilines is 1. The largest absolute Gasteiger partial charge is 0.324 e. The highest BCUT2D eigenvalue weighted by Crippen LogP contribution is 2.25. The minimum Gasteiger partial charge on any atom is -0.324 e. The summed E-state index contributed by atoms with van der Waals surface area (Å²) in [6.07, 6.45) is 4.88. The van der Waals surface area contributed by atoms with Crippen LogP contribution in [0, 0.1) is 0 Å². The first-order chi connectivity index (χ1) is 8.65. The van der Waals surface area contributed by atoms with Crippen LogP contribution in [0.15, 0.2) is 22.7 Å². The predicted molar refractivity (Wildman–Crippen MR) is 78.0 cm³/mol. The van der Waals surface area contributed by atoms with E-state index in [-0.39, 0.29) is 5.91 Å². The van der Waals surface area contributed by atoms with E-state index in [4.69, 9.17) is 11.6 Å². The summed E-state index contributed by atoms with van der Waals surface area (Å²) in [5, 5.41) is 6.73. The van der Waals surface area contributed by atoms with Crippen LogP contribution in [0.4, 0.5) is 5.69 Å². The molecule has 0 atom stereocenters. The van der Waals surface area contributed by atoms with E-state index < -0.39 is 0 Å². The van der Waals surface area contributed by atoms with Crippen LogP contribution in [-0.4, -0.2) is 18.5 Å². The third kappa shape index (κ3) is 3.97. The number of nitrogens with one attached hydrogen (secondary N) is 2. The molecule has 0 spiro atoms. The zero-order chi connectivity index (χ0) is 13.0. The van der Waals surface area contributed by atoms with Gasteiger partial charge in [0.25, 0.3) is 0 Å². The van der Waals surface area contributed by atoms with Crippen molar-refractivity contribution in [3.05, 3.63) is 27.7 Å². The number of benzene rings is 1. The quantitative estimate of drug-likeness (QED) is 0.885. The average molecular weight is 332 g/mol. The fourth-order valence-electron chi connectivity index (χ4n) is 2.15. The maximum absolute atomic E-state index is 11.8. The van der Waals surface area contributed by atoms with Crippen LogP contribution in [0.1, 0.15) is 25.7 Å². The predicted octanol–water partition coefficient (Wildman–Crippen LogP) is 3.57. The van der Waals surface area contributed by atoms with Crippen LogP contribution in [-0.2, 0) is 4.79 Å². The van der Waals surface area contributed by atoms with Crippen LogP contribution in [0.3, 0.4) is 0 Å². The smallest absolute Gasteiger partial charge is 0.238 e. The van der Waals surface area contributed by atoms with Crippen molar-refractivity contribution in [1.82, 2.24) is 5.32 Å². The Balaban J connectivity index is 1.84. The van der Waals surface area contributed by atoms with Gasteiger partial charge in [0.05, 0.1) is 12.2 Å². The van der Waals surface area contributed by atoms with Crippen LogP contribution in [0.2, 0.25) is 5.02 Å². The highest BCUT2D eigenvalue weighted by Gasteiger charge is 2.15. The molecule has 0 aromatic heterocycles. The zero-order valence-corrected chi connectivity index (χ0v) is 12.4. The minimum atomic E-state index is -0.0372. The SMILES string of the molecule is O=C(CNC1CCCC1)Nc1cc(Cl)ccc1Br. The van der Waals surface area contributed by atoms with Crippen molar-refractivity contribution in [2.75, 3.05) is 11.9 Å². The molecular weight excluding hydrogens is 316 g/mol. The van der Waals surface area contributed by atoms with Crippen LogP contribution >= 0.6 is 27.5 Å². The summed E-state index contributed by atoms with van der Waals surface area (Å²) in [5.41, 5.74) is 0.709. The molecule has 1 fully saturated rings. The lowest BCUT2D eigenvalue weighted by Crippen LogP contribution is -2.34. The maximum Gasteiger partial charge on any atom is 0.238 e. The van der Waals surface area contributed by atoms with Gasteiger partial charge in [0.1, 0.15) is 0 Å². The van der Waals surface area contributed by atoms with E-state index in [1.165, 1.54) is 25.7 Å². The lowest BCUT2D eigenvalue weighted by Gasteiger charge is -2.12. The topological polar surface area (TPSA) is 41.1 Å². The highest BCUT2D eigenvalue weighted by atomic mass is 79.9. The van der Waals surface area contributed by atoms with Gasteiger partial charge in [-0.15, -0.1) is 0 Å². The molecule has 98 valence electrons. The number of carbonyl (C=O) groups is 1. The van der Waals surface area contributed by atoms with Gasteiger partial charge in [-0.1, -0.05) is 24.4 Å². The number of carbonyl (C=O) groups excluding carboxylic acids is 1. The lowest BCUT2D eigenvalue weighted by molar-refractivity contribution is -0.115. The fraction of sp³-hybridized carbons (Fsp3) is 0.462. The Bertz CT molecular complexity index is 433. The van der Waals surface area contributed by atoms with E-state index in [0.29, 0.717) is 23.3 Å². The van der Waals surface area contributed by atoms with Gasteiger partial charge in [-0.2, -0.15) is 0 Å². The molecular formula is C13H16BrClN2O. The van der Waals surface area contributed by atoms with Gasteiger partial charge in [0.15, 0.2) is 0 Å². The van der Waals surface area contributed by atoms with Crippen molar-refractivity contribution in [3.8, 4) is 0 Å². The summed E-state index contributed by atoms with van der Waals surface area (Å²) < 4.78 is 0.834. The second kappa shape index (κ2) is 6.55. The third-order valence-corrected chi connectivity index (χ3v) is 4.04. The van der Waals surface area contributed by atoms with Gasteiger partial charge in [0.2, 0.25) is 5.91 Å². The van der Waals surface area contributed by atoms with Crippen molar-refractivity contribution in [2.24, 2.45) is 0 Å². The molecule has 1 aliphatic carbocycles. The highest BCUT2D eigenvalue weighted by molar-refractivity contribution is 9.10. The van der Waals surface area contributed by atoms with Crippen molar-refractivity contribution in [1.29, 1.82) is 0 Å². The first kappa shape index (κ1) is 13.8. The molecule has 0 bridgehead atoms. The summed E-state index contributed by atoms with van der Waals surface area (Å²) in [6, 6.07) is 5.83. The van der Waals surface area contributed by atoms with Crippen molar-refractivity contribution < 1.29 is 4.79 Å². The van der Waals surface area contributed by atoms with E-state index in [1.54, 1.807) is 12.1 Å². The molecule has 2 N–H and O–H groups in total. The molecule has 1 aromatic rings. The summed E-state index contributed by atoms with van der Waals surface area (Å²) in [6.45, 7) is 0.351. The van der Waals surface area contributed by atoms with Crippen LogP contribution in [0.5, 0.6) is 0 Å². The molecule has 0 unspecified atom stereocenters. The van der Waals surface area contributed by atoms with Gasteiger partial charge >= 0.3 is 0 Å². The molecule has 0 saturated heterocycles. The molecule has 1 amide bonds. The van der Waals surface area contributed by atoms with Crippen molar-refractivity contribution in [2.45, 2.75) is 31.7 Å². The van der Waals surface area contributed by atoms with E-state index in [9.17, 15) is 4.79 Å². The van der Waals surface area contributed by atoms with Gasteiger partial charge in [-0.05, 0) is 47.0 Å². The summed E-state index contributed by atoms with van der Waals surface area (Å²) >= 11 is 9.28. The number of hydrogen-bond donors (Lipinski definition) is 2. The molecule has 1 saturated carbocycles. The minimum absolute atomic E-state index is 0.0372. The Morgan fingerprint density at radius 3 is 2.83 bits per heavy atom. The molecule has 0 heterocycles. The number of amides is 1. The molecule has 5 heteroatoms. The molecule has 1 aromatic carbocycles. The van der Waals surface area contributed by atoms with Crippen LogP contribution < -0.4 is 10.6 Å². The van der Waals surface area contributed by atoms with Gasteiger partial charge in [0, 0.05) is 15.5 Å².